The molecule has 0 saturated carbocycles. The van der Waals surface area contributed by atoms with E-state index in [1.165, 1.54) is 0 Å². The highest BCUT2D eigenvalue weighted by atomic mass is 79.9. The molecular formula is C20H25BrNO3PS. The van der Waals surface area contributed by atoms with Crippen LogP contribution in [0.1, 0.15) is 32.1 Å². The molecule has 0 aromatic heterocycles. The minimum Gasteiger partial charge on any atom is -0.494 e. The third kappa shape index (κ3) is 5.33. The fourth-order valence-electron chi connectivity index (χ4n) is 2.72. The molecule has 2 aromatic rings. The van der Waals surface area contributed by atoms with Crippen molar-refractivity contribution in [3.05, 3.63) is 58.6 Å². The van der Waals surface area contributed by atoms with Crippen LogP contribution in [0.15, 0.2) is 53.0 Å². The molecule has 0 aliphatic carbocycles. The number of benzene rings is 2. The maximum atomic E-state index is 6.17. The van der Waals surface area contributed by atoms with Gasteiger partial charge in [-0.3, -0.25) is 0 Å². The van der Waals surface area contributed by atoms with Gasteiger partial charge in [-0.1, -0.05) is 41.9 Å². The zero-order valence-corrected chi connectivity index (χ0v) is 19.1. The zero-order chi connectivity index (χ0) is 19.5. The van der Waals surface area contributed by atoms with Crippen LogP contribution in [0.5, 0.6) is 5.75 Å². The van der Waals surface area contributed by atoms with Gasteiger partial charge in [0.1, 0.15) is 11.5 Å². The Kier molecular flexibility index (Phi) is 6.65. The fourth-order valence-corrected chi connectivity index (χ4v) is 6.10. The molecule has 1 saturated heterocycles. The summed E-state index contributed by atoms with van der Waals surface area (Å²) in [4.78, 5) is 0. The number of ether oxygens (including phenoxy) is 1. The smallest absolute Gasteiger partial charge is 0.215 e. The van der Waals surface area contributed by atoms with Crippen molar-refractivity contribution in [2.24, 2.45) is 5.41 Å². The second-order valence-corrected chi connectivity index (χ2v) is 11.9. The Morgan fingerprint density at radius 3 is 2.26 bits per heavy atom. The minimum absolute atomic E-state index is 0.0245. The van der Waals surface area contributed by atoms with Crippen LogP contribution in [0.2, 0.25) is 0 Å². The number of halogens is 1. The van der Waals surface area contributed by atoms with Gasteiger partial charge >= 0.3 is 0 Å². The molecule has 0 radical (unpaired) electrons. The largest absolute Gasteiger partial charge is 0.494 e. The van der Waals surface area contributed by atoms with Crippen LogP contribution in [0.4, 0.5) is 5.69 Å². The Balaban J connectivity index is 1.90. The highest BCUT2D eigenvalue weighted by Gasteiger charge is 2.40. The van der Waals surface area contributed by atoms with Gasteiger partial charge < -0.3 is 19.1 Å². The number of nitrogens with one attached hydrogen (secondary N) is 1. The molecule has 27 heavy (non-hydrogen) atoms. The van der Waals surface area contributed by atoms with E-state index in [0.717, 1.165) is 21.5 Å². The lowest BCUT2D eigenvalue weighted by Crippen LogP contribution is -2.31. The van der Waals surface area contributed by atoms with Gasteiger partial charge in [-0.15, -0.1) is 0 Å². The van der Waals surface area contributed by atoms with Gasteiger partial charge in [0.25, 0.3) is 0 Å². The van der Waals surface area contributed by atoms with Crippen molar-refractivity contribution in [2.75, 3.05) is 25.1 Å². The third-order valence-corrected chi connectivity index (χ3v) is 8.07. The van der Waals surface area contributed by atoms with Crippen molar-refractivity contribution >= 4 is 39.9 Å². The van der Waals surface area contributed by atoms with E-state index in [1.807, 2.05) is 55.5 Å². The Morgan fingerprint density at radius 2 is 1.70 bits per heavy atom. The van der Waals surface area contributed by atoms with E-state index < -0.39 is 6.49 Å². The average molecular weight is 470 g/mol. The molecule has 1 heterocycles. The number of rotatable bonds is 6. The summed E-state index contributed by atoms with van der Waals surface area (Å²) >= 11 is 9.41. The highest BCUT2D eigenvalue weighted by molar-refractivity contribution is 9.10. The monoisotopic (exact) mass is 469 g/mol. The molecule has 0 amide bonds. The molecule has 0 spiro atoms. The summed E-state index contributed by atoms with van der Waals surface area (Å²) in [5, 5.41) is 3.55. The van der Waals surface area contributed by atoms with Crippen molar-refractivity contribution in [1.82, 2.24) is 0 Å². The molecule has 146 valence electrons. The quantitative estimate of drug-likeness (QED) is 0.499. The standard InChI is InChI=1S/C20H25BrNO3PS/c1-4-23-18-11-5-15(6-12-18)19(22-17-9-7-16(21)8-10-17)26(27)24-13-20(2,3)14-25-26/h5-12,19,22H,4,13-14H2,1-3H3/t19-/m1/s1. The molecule has 0 unspecified atom stereocenters. The summed E-state index contributed by atoms with van der Waals surface area (Å²) in [6.45, 7) is 5.49. The average Bonchev–Trinajstić information content (AvgIpc) is 2.65. The van der Waals surface area contributed by atoms with Crippen LogP contribution in [0, 0.1) is 5.41 Å². The maximum Gasteiger partial charge on any atom is 0.215 e. The van der Waals surface area contributed by atoms with Crippen LogP contribution in [0.3, 0.4) is 0 Å². The summed E-state index contributed by atoms with van der Waals surface area (Å²) < 4.78 is 18.9. The fraction of sp³-hybridized carbons (Fsp3) is 0.400. The summed E-state index contributed by atoms with van der Waals surface area (Å²) in [6, 6.07) is 16.0. The molecule has 1 aliphatic rings. The van der Waals surface area contributed by atoms with Gasteiger partial charge in [-0.2, -0.15) is 0 Å². The predicted octanol–water partition coefficient (Wildman–Crippen LogP) is 6.34. The van der Waals surface area contributed by atoms with Crippen molar-refractivity contribution in [3.8, 4) is 5.75 Å². The first kappa shape index (κ1) is 20.8. The van der Waals surface area contributed by atoms with E-state index >= 15 is 0 Å². The molecule has 1 fully saturated rings. The molecule has 2 aromatic carbocycles. The Bertz CT molecular complexity index is 797. The third-order valence-electron chi connectivity index (χ3n) is 4.24. The van der Waals surface area contributed by atoms with Crippen molar-refractivity contribution in [3.63, 3.8) is 0 Å². The molecular weight excluding hydrogens is 445 g/mol. The van der Waals surface area contributed by atoms with E-state index in [1.54, 1.807) is 0 Å². The van der Waals surface area contributed by atoms with E-state index in [0.29, 0.717) is 19.8 Å². The lowest BCUT2D eigenvalue weighted by molar-refractivity contribution is 0.0579. The maximum absolute atomic E-state index is 6.17. The highest BCUT2D eigenvalue weighted by Crippen LogP contribution is 2.64. The van der Waals surface area contributed by atoms with Gasteiger partial charge in [0.15, 0.2) is 0 Å². The van der Waals surface area contributed by atoms with Gasteiger partial charge in [-0.25, -0.2) is 0 Å². The first-order chi connectivity index (χ1) is 12.8. The molecule has 3 rings (SSSR count). The van der Waals surface area contributed by atoms with E-state index in [-0.39, 0.29) is 11.2 Å². The SMILES string of the molecule is CCOc1ccc([C@H](Nc2ccc(Br)cc2)P2(=S)OCC(C)(C)CO2)cc1. The summed E-state index contributed by atoms with van der Waals surface area (Å²) in [5.74, 6) is 0.604. The second-order valence-electron chi connectivity index (χ2n) is 7.31. The van der Waals surface area contributed by atoms with Crippen molar-refractivity contribution < 1.29 is 13.8 Å². The second kappa shape index (κ2) is 8.62. The summed E-state index contributed by atoms with van der Waals surface area (Å²) in [7, 11) is 0. The lowest BCUT2D eigenvalue weighted by atomic mass is 9.97. The number of anilines is 1. The Labute approximate surface area is 174 Å². The van der Waals surface area contributed by atoms with E-state index in [4.69, 9.17) is 25.6 Å². The molecule has 1 N–H and O–H groups in total. The van der Waals surface area contributed by atoms with Gasteiger partial charge in [0.2, 0.25) is 6.49 Å². The number of hydrogen-bond acceptors (Lipinski definition) is 5. The van der Waals surface area contributed by atoms with Crippen LogP contribution >= 0.6 is 22.4 Å². The van der Waals surface area contributed by atoms with Crippen LogP contribution in [-0.4, -0.2) is 19.8 Å². The molecule has 0 bridgehead atoms. The minimum atomic E-state index is -2.56. The summed E-state index contributed by atoms with van der Waals surface area (Å²) in [5.41, 5.74) is 1.98. The van der Waals surface area contributed by atoms with Crippen LogP contribution in [0.25, 0.3) is 0 Å². The number of hydrogen-bond donors (Lipinski definition) is 1. The van der Waals surface area contributed by atoms with Gasteiger partial charge in [-0.05, 0) is 60.7 Å². The Morgan fingerprint density at radius 1 is 1.11 bits per heavy atom. The molecule has 7 heteroatoms. The predicted molar refractivity (Wildman–Crippen MR) is 118 cm³/mol. The molecule has 1 aliphatic heterocycles. The van der Waals surface area contributed by atoms with E-state index in [2.05, 4.69) is 35.1 Å². The van der Waals surface area contributed by atoms with Gasteiger partial charge in [0.05, 0.1) is 19.8 Å². The van der Waals surface area contributed by atoms with Crippen LogP contribution in [-0.2, 0) is 20.9 Å². The summed E-state index contributed by atoms with van der Waals surface area (Å²) in [6.07, 6.45) is 0. The van der Waals surface area contributed by atoms with Crippen LogP contribution < -0.4 is 10.1 Å². The Hall–Kier alpha value is -0.910. The first-order valence-corrected chi connectivity index (χ1v) is 12.4. The lowest BCUT2D eigenvalue weighted by Gasteiger charge is -2.40. The van der Waals surface area contributed by atoms with Gasteiger partial charge in [0, 0.05) is 15.6 Å². The topological polar surface area (TPSA) is 39.7 Å². The molecule has 4 nitrogen and oxygen atoms in total. The zero-order valence-electron chi connectivity index (χ0n) is 15.8. The van der Waals surface area contributed by atoms with E-state index in [9.17, 15) is 0 Å². The van der Waals surface area contributed by atoms with Crippen molar-refractivity contribution in [2.45, 2.75) is 26.6 Å². The molecule has 1 atom stereocenters. The normalized spacial score (nSPS) is 19.3. The first-order valence-electron chi connectivity index (χ1n) is 8.95. The van der Waals surface area contributed by atoms with Crippen molar-refractivity contribution in [1.29, 1.82) is 0 Å².